The van der Waals surface area contributed by atoms with Crippen molar-refractivity contribution in [2.75, 3.05) is 5.75 Å². The fraction of sp³-hybridized carbons (Fsp3) is 0.500. The van der Waals surface area contributed by atoms with Gasteiger partial charge in [0.05, 0.1) is 12.1 Å². The number of aliphatic hydroxyl groups excluding tert-OH is 1. The molecule has 0 aromatic heterocycles. The fourth-order valence-electron chi connectivity index (χ4n) is 2.70. The van der Waals surface area contributed by atoms with Crippen LogP contribution in [0.25, 0.3) is 0 Å². The Hall–Kier alpha value is -0.910. The minimum absolute atomic E-state index is 0.151. The first kappa shape index (κ1) is 16.5. The molecule has 114 valence electrons. The largest absolute Gasteiger partial charge is 0.390 e. The second kappa shape index (κ2) is 7.38. The first-order valence-electron chi connectivity index (χ1n) is 7.17. The molecule has 1 aromatic carbocycles. The summed E-state index contributed by atoms with van der Waals surface area (Å²) in [7, 11) is 0. The fourth-order valence-corrected chi connectivity index (χ4v) is 4.30. The molecular weight excluding hydrogens is 302 g/mol. The zero-order valence-corrected chi connectivity index (χ0v) is 13.9. The van der Waals surface area contributed by atoms with E-state index in [4.69, 9.17) is 12.2 Å². The van der Waals surface area contributed by atoms with Gasteiger partial charge < -0.3 is 14.8 Å². The average Bonchev–Trinajstić information content (AvgIpc) is 2.86. The molecule has 1 aliphatic heterocycles. The molecule has 0 bridgehead atoms. The predicted octanol–water partition coefficient (Wildman–Crippen LogP) is 2.52. The highest BCUT2D eigenvalue weighted by Gasteiger charge is 2.36. The van der Waals surface area contributed by atoms with E-state index >= 15 is 0 Å². The molecule has 4 atom stereocenters. The van der Waals surface area contributed by atoms with E-state index in [0.29, 0.717) is 0 Å². The molecule has 1 aliphatic rings. The van der Waals surface area contributed by atoms with Gasteiger partial charge in [0.25, 0.3) is 0 Å². The van der Waals surface area contributed by atoms with Crippen LogP contribution in [0.3, 0.4) is 0 Å². The zero-order chi connectivity index (χ0) is 15.4. The second-order valence-corrected chi connectivity index (χ2v) is 7.21. The van der Waals surface area contributed by atoms with Crippen LogP contribution in [0.2, 0.25) is 0 Å². The lowest BCUT2D eigenvalue weighted by atomic mass is 9.97. The number of benzene rings is 1. The van der Waals surface area contributed by atoms with Gasteiger partial charge in [-0.1, -0.05) is 61.2 Å². The van der Waals surface area contributed by atoms with Crippen LogP contribution >= 0.6 is 24.0 Å². The quantitative estimate of drug-likeness (QED) is 0.643. The van der Waals surface area contributed by atoms with E-state index in [9.17, 15) is 9.90 Å². The Kier molecular flexibility index (Phi) is 5.79. The van der Waals surface area contributed by atoms with Crippen LogP contribution in [0.15, 0.2) is 30.3 Å². The van der Waals surface area contributed by atoms with Crippen molar-refractivity contribution in [3.05, 3.63) is 35.9 Å². The Morgan fingerprint density at radius 3 is 2.71 bits per heavy atom. The van der Waals surface area contributed by atoms with Crippen molar-refractivity contribution >= 4 is 34.6 Å². The number of nitrogens with zero attached hydrogens (tertiary/aromatic N) is 1. The molecule has 21 heavy (non-hydrogen) atoms. The van der Waals surface area contributed by atoms with E-state index in [1.807, 2.05) is 25.1 Å². The van der Waals surface area contributed by atoms with Gasteiger partial charge in [0.1, 0.15) is 10.6 Å². The van der Waals surface area contributed by atoms with Crippen LogP contribution in [0, 0.1) is 5.92 Å². The maximum absolute atomic E-state index is 10.9. The monoisotopic (exact) mass is 323 g/mol. The van der Waals surface area contributed by atoms with Crippen LogP contribution in [0.1, 0.15) is 19.4 Å². The number of hydrogen-bond donors (Lipinski definition) is 1. The van der Waals surface area contributed by atoms with Crippen molar-refractivity contribution in [1.82, 2.24) is 4.90 Å². The van der Waals surface area contributed by atoms with E-state index in [1.165, 1.54) is 5.56 Å². The van der Waals surface area contributed by atoms with Gasteiger partial charge in [0.15, 0.2) is 0 Å². The van der Waals surface area contributed by atoms with Crippen molar-refractivity contribution < 1.29 is 9.90 Å². The SMILES string of the molecule is CC([C@@H](O)[C@@H](C)C=O)N1C(=S)SCC1Cc1ccccc1. The van der Waals surface area contributed by atoms with Crippen molar-refractivity contribution in [1.29, 1.82) is 0 Å². The van der Waals surface area contributed by atoms with Gasteiger partial charge in [0.2, 0.25) is 0 Å². The van der Waals surface area contributed by atoms with Crippen LogP contribution < -0.4 is 0 Å². The second-order valence-electron chi connectivity index (χ2n) is 5.55. The van der Waals surface area contributed by atoms with Crippen LogP contribution in [0.5, 0.6) is 0 Å². The van der Waals surface area contributed by atoms with Gasteiger partial charge >= 0.3 is 0 Å². The molecule has 0 radical (unpaired) electrons. The van der Waals surface area contributed by atoms with Crippen molar-refractivity contribution in [2.24, 2.45) is 5.92 Å². The average molecular weight is 323 g/mol. The van der Waals surface area contributed by atoms with Gasteiger partial charge in [0, 0.05) is 17.7 Å². The third kappa shape index (κ3) is 3.84. The Morgan fingerprint density at radius 1 is 1.43 bits per heavy atom. The number of thiocarbonyl (C=S) groups is 1. The van der Waals surface area contributed by atoms with E-state index in [1.54, 1.807) is 18.7 Å². The Balaban J connectivity index is 2.11. The van der Waals surface area contributed by atoms with Crippen molar-refractivity contribution in [3.8, 4) is 0 Å². The summed E-state index contributed by atoms with van der Waals surface area (Å²) in [6.07, 6.45) is 1.01. The van der Waals surface area contributed by atoms with Gasteiger partial charge in [-0.3, -0.25) is 0 Å². The minimum atomic E-state index is -0.697. The lowest BCUT2D eigenvalue weighted by molar-refractivity contribution is -0.114. The van der Waals surface area contributed by atoms with Crippen LogP contribution in [-0.2, 0) is 11.2 Å². The van der Waals surface area contributed by atoms with Gasteiger partial charge in [-0.25, -0.2) is 0 Å². The summed E-state index contributed by atoms with van der Waals surface area (Å²) in [4.78, 5) is 13.0. The Morgan fingerprint density at radius 2 is 2.10 bits per heavy atom. The Bertz CT molecular complexity index is 494. The molecule has 3 nitrogen and oxygen atoms in total. The lowest BCUT2D eigenvalue weighted by Crippen LogP contribution is -2.49. The first-order chi connectivity index (χ1) is 10.0. The summed E-state index contributed by atoms with van der Waals surface area (Å²) >= 11 is 7.10. The predicted molar refractivity (Wildman–Crippen MR) is 91.5 cm³/mol. The molecule has 1 heterocycles. The summed E-state index contributed by atoms with van der Waals surface area (Å²) in [5, 5.41) is 10.3. The van der Waals surface area contributed by atoms with E-state index in [2.05, 4.69) is 17.0 Å². The maximum atomic E-state index is 10.9. The van der Waals surface area contributed by atoms with Gasteiger partial charge in [-0.2, -0.15) is 0 Å². The highest BCUT2D eigenvalue weighted by molar-refractivity contribution is 8.23. The highest BCUT2D eigenvalue weighted by Crippen LogP contribution is 2.30. The highest BCUT2D eigenvalue weighted by atomic mass is 32.2. The minimum Gasteiger partial charge on any atom is -0.390 e. The number of aliphatic hydroxyl groups is 1. The molecule has 2 unspecified atom stereocenters. The number of thioether (sulfide) groups is 1. The zero-order valence-electron chi connectivity index (χ0n) is 12.3. The van der Waals surface area contributed by atoms with E-state index in [0.717, 1.165) is 22.8 Å². The number of carbonyl (C=O) groups is 1. The number of aldehydes is 1. The molecule has 0 aliphatic carbocycles. The maximum Gasteiger partial charge on any atom is 0.137 e. The van der Waals surface area contributed by atoms with E-state index < -0.39 is 6.10 Å². The molecule has 1 aromatic rings. The standard InChI is InChI=1S/C16H21NO2S2/c1-11(9-18)15(19)12(2)17-14(10-21-16(17)20)8-13-6-4-3-5-7-13/h3-7,9,11-12,14-15,19H,8,10H2,1-2H3/t11-,12?,14?,15-/m0/s1. The smallest absolute Gasteiger partial charge is 0.137 e. The summed E-state index contributed by atoms with van der Waals surface area (Å²) in [5.74, 6) is 0.547. The summed E-state index contributed by atoms with van der Waals surface area (Å²) in [5.41, 5.74) is 1.27. The summed E-state index contributed by atoms with van der Waals surface area (Å²) in [6, 6.07) is 10.4. The molecule has 2 rings (SSSR count). The summed E-state index contributed by atoms with van der Waals surface area (Å²) < 4.78 is 0.820. The van der Waals surface area contributed by atoms with Crippen molar-refractivity contribution in [3.63, 3.8) is 0 Å². The Labute approximate surface area is 135 Å². The third-order valence-electron chi connectivity index (χ3n) is 4.00. The van der Waals surface area contributed by atoms with Crippen LogP contribution in [-0.4, -0.2) is 44.6 Å². The molecular formula is C16H21NO2S2. The lowest BCUT2D eigenvalue weighted by Gasteiger charge is -2.35. The number of hydrogen-bond acceptors (Lipinski definition) is 4. The van der Waals surface area contributed by atoms with E-state index in [-0.39, 0.29) is 18.0 Å². The molecule has 1 fully saturated rings. The van der Waals surface area contributed by atoms with Crippen molar-refractivity contribution in [2.45, 2.75) is 38.5 Å². The van der Waals surface area contributed by atoms with Crippen LogP contribution in [0.4, 0.5) is 0 Å². The molecule has 0 amide bonds. The third-order valence-corrected chi connectivity index (χ3v) is 5.58. The molecule has 0 spiro atoms. The molecule has 1 saturated heterocycles. The van der Waals surface area contributed by atoms with Gasteiger partial charge in [-0.15, -0.1) is 0 Å². The number of carbonyl (C=O) groups excluding carboxylic acids is 1. The normalized spacial score (nSPS) is 22.9. The summed E-state index contributed by atoms with van der Waals surface area (Å²) in [6.45, 7) is 3.69. The first-order valence-corrected chi connectivity index (χ1v) is 8.56. The molecule has 0 saturated carbocycles. The molecule has 5 heteroatoms. The topological polar surface area (TPSA) is 40.5 Å². The number of rotatable bonds is 6. The van der Waals surface area contributed by atoms with Gasteiger partial charge in [-0.05, 0) is 18.9 Å². The molecule has 1 N–H and O–H groups in total.